The molecule has 0 radical (unpaired) electrons. The Bertz CT molecular complexity index is 866. The predicted octanol–water partition coefficient (Wildman–Crippen LogP) is 4.55. The lowest BCUT2D eigenvalue weighted by Gasteiger charge is -2.14. The van der Waals surface area contributed by atoms with Gasteiger partial charge < -0.3 is 19.5 Å². The van der Waals surface area contributed by atoms with E-state index in [2.05, 4.69) is 5.32 Å². The van der Waals surface area contributed by atoms with Gasteiger partial charge in [0.15, 0.2) is 18.1 Å². The topological polar surface area (TPSA) is 73.9 Å². The number of rotatable bonds is 8. The molecule has 0 heterocycles. The minimum absolute atomic E-state index is 0.172. The van der Waals surface area contributed by atoms with Crippen LogP contribution in [0.1, 0.15) is 34.8 Å². The summed E-state index contributed by atoms with van der Waals surface area (Å²) in [4.78, 5) is 24.4. The molecule has 0 unspecified atom stereocenters. The summed E-state index contributed by atoms with van der Waals surface area (Å²) >= 11 is 6.20. The van der Waals surface area contributed by atoms with Crippen molar-refractivity contribution in [3.63, 3.8) is 0 Å². The van der Waals surface area contributed by atoms with Gasteiger partial charge in [-0.15, -0.1) is 0 Å². The number of halogens is 1. The highest BCUT2D eigenvalue weighted by Gasteiger charge is 2.18. The summed E-state index contributed by atoms with van der Waals surface area (Å²) < 4.78 is 15.9. The van der Waals surface area contributed by atoms with Gasteiger partial charge in [0.2, 0.25) is 0 Å². The minimum Gasteiger partial charge on any atom is -0.493 e. The van der Waals surface area contributed by atoms with E-state index in [0.29, 0.717) is 23.8 Å². The van der Waals surface area contributed by atoms with E-state index in [1.54, 1.807) is 0 Å². The van der Waals surface area contributed by atoms with Gasteiger partial charge >= 0.3 is 5.97 Å². The molecule has 0 aliphatic heterocycles. The fraction of sp³-hybridized carbons (Fsp3) is 0.333. The zero-order valence-electron chi connectivity index (χ0n) is 16.4. The molecule has 2 aromatic carbocycles. The van der Waals surface area contributed by atoms with Gasteiger partial charge in [-0.25, -0.2) is 4.79 Å². The van der Waals surface area contributed by atoms with Crippen molar-refractivity contribution in [3.05, 3.63) is 52.0 Å². The van der Waals surface area contributed by atoms with Gasteiger partial charge in [0.1, 0.15) is 0 Å². The number of hydrogen-bond donors (Lipinski definition) is 1. The van der Waals surface area contributed by atoms with Crippen LogP contribution in [0.4, 0.5) is 5.69 Å². The number of carbonyl (C=O) groups is 2. The summed E-state index contributed by atoms with van der Waals surface area (Å²) in [5.74, 6) is -0.413. The first-order chi connectivity index (χ1) is 13.3. The smallest absolute Gasteiger partial charge is 0.338 e. The number of nitrogens with one attached hydrogen (secondary N) is 1. The van der Waals surface area contributed by atoms with Gasteiger partial charge in [-0.1, -0.05) is 30.7 Å². The van der Waals surface area contributed by atoms with Gasteiger partial charge in [0.25, 0.3) is 5.91 Å². The van der Waals surface area contributed by atoms with Crippen molar-refractivity contribution < 1.29 is 23.8 Å². The monoisotopic (exact) mass is 405 g/mol. The quantitative estimate of drug-likeness (QED) is 0.652. The summed E-state index contributed by atoms with van der Waals surface area (Å²) in [5, 5.41) is 2.97. The highest BCUT2D eigenvalue weighted by molar-refractivity contribution is 6.32. The zero-order chi connectivity index (χ0) is 20.7. The molecule has 0 saturated heterocycles. The lowest BCUT2D eigenvalue weighted by Crippen LogP contribution is -2.21. The lowest BCUT2D eigenvalue weighted by molar-refractivity contribution is -0.119. The second kappa shape index (κ2) is 9.99. The second-order valence-corrected chi connectivity index (χ2v) is 6.69. The number of ether oxygens (including phenoxy) is 3. The van der Waals surface area contributed by atoms with Gasteiger partial charge in [-0.05, 0) is 49.6 Å². The van der Waals surface area contributed by atoms with Crippen molar-refractivity contribution >= 4 is 29.2 Å². The van der Waals surface area contributed by atoms with Crippen molar-refractivity contribution in [2.75, 3.05) is 25.6 Å². The van der Waals surface area contributed by atoms with Gasteiger partial charge in [0.05, 0.1) is 24.3 Å². The molecule has 2 aromatic rings. The Kier molecular flexibility index (Phi) is 7.70. The fourth-order valence-electron chi connectivity index (χ4n) is 2.45. The molecular weight excluding hydrogens is 382 g/mol. The standard InChI is InChI=1S/C21H24ClNO5/c1-5-8-27-20-16(22)10-15(11-18(20)26-4)21(25)28-12-19(24)23-17-9-13(2)6-7-14(17)3/h6-7,9-11H,5,8,12H2,1-4H3,(H,23,24). The molecular formula is C21H24ClNO5. The van der Waals surface area contributed by atoms with Crippen LogP contribution in [0.15, 0.2) is 30.3 Å². The summed E-state index contributed by atoms with van der Waals surface area (Å²) in [6.07, 6.45) is 0.804. The zero-order valence-corrected chi connectivity index (χ0v) is 17.2. The maximum absolute atomic E-state index is 12.3. The molecule has 1 N–H and O–H groups in total. The Morgan fingerprint density at radius 3 is 2.57 bits per heavy atom. The number of carbonyl (C=O) groups excluding carboxylic acids is 2. The van der Waals surface area contributed by atoms with Gasteiger partial charge in [-0.2, -0.15) is 0 Å². The Morgan fingerprint density at radius 2 is 1.89 bits per heavy atom. The van der Waals surface area contributed by atoms with Crippen LogP contribution in [-0.4, -0.2) is 32.2 Å². The van der Waals surface area contributed by atoms with Crippen LogP contribution in [0.2, 0.25) is 5.02 Å². The molecule has 0 fully saturated rings. The molecule has 2 rings (SSSR count). The molecule has 150 valence electrons. The molecule has 0 spiro atoms. The number of amides is 1. The highest BCUT2D eigenvalue weighted by atomic mass is 35.5. The maximum Gasteiger partial charge on any atom is 0.338 e. The van der Waals surface area contributed by atoms with E-state index in [-0.39, 0.29) is 10.6 Å². The van der Waals surface area contributed by atoms with Gasteiger partial charge in [-0.3, -0.25) is 4.79 Å². The number of benzene rings is 2. The van der Waals surface area contributed by atoms with Crippen LogP contribution in [0.25, 0.3) is 0 Å². The third-order valence-electron chi connectivity index (χ3n) is 3.92. The van der Waals surface area contributed by atoms with Crippen LogP contribution < -0.4 is 14.8 Å². The van der Waals surface area contributed by atoms with E-state index in [1.807, 2.05) is 39.0 Å². The molecule has 0 bridgehead atoms. The van der Waals surface area contributed by atoms with E-state index in [4.69, 9.17) is 25.8 Å². The Hall–Kier alpha value is -2.73. The summed E-state index contributed by atoms with van der Waals surface area (Å²) in [7, 11) is 1.46. The molecule has 28 heavy (non-hydrogen) atoms. The third-order valence-corrected chi connectivity index (χ3v) is 4.20. The first kappa shape index (κ1) is 21.6. The average Bonchev–Trinajstić information content (AvgIpc) is 2.67. The van der Waals surface area contributed by atoms with Crippen LogP contribution in [0.5, 0.6) is 11.5 Å². The van der Waals surface area contributed by atoms with Crippen LogP contribution in [0, 0.1) is 13.8 Å². The molecule has 0 aliphatic rings. The summed E-state index contributed by atoms with van der Waals surface area (Å²) in [6.45, 7) is 5.84. The molecule has 0 saturated carbocycles. The molecule has 1 amide bonds. The van der Waals surface area contributed by atoms with E-state index in [1.165, 1.54) is 19.2 Å². The van der Waals surface area contributed by atoms with Crippen molar-refractivity contribution in [2.24, 2.45) is 0 Å². The van der Waals surface area contributed by atoms with E-state index in [9.17, 15) is 9.59 Å². The number of hydrogen-bond acceptors (Lipinski definition) is 5. The number of methoxy groups -OCH3 is 1. The molecule has 0 aromatic heterocycles. The largest absolute Gasteiger partial charge is 0.493 e. The number of esters is 1. The average molecular weight is 406 g/mol. The van der Waals surface area contributed by atoms with Crippen LogP contribution >= 0.6 is 11.6 Å². The predicted molar refractivity (Wildman–Crippen MR) is 109 cm³/mol. The molecule has 6 nitrogen and oxygen atoms in total. The first-order valence-corrected chi connectivity index (χ1v) is 9.28. The Balaban J connectivity index is 2.03. The van der Waals surface area contributed by atoms with E-state index in [0.717, 1.165) is 17.5 Å². The molecule has 0 atom stereocenters. The van der Waals surface area contributed by atoms with Crippen molar-refractivity contribution in [1.82, 2.24) is 0 Å². The first-order valence-electron chi connectivity index (χ1n) is 8.90. The van der Waals surface area contributed by atoms with Crippen molar-refractivity contribution in [1.29, 1.82) is 0 Å². The number of aryl methyl sites for hydroxylation is 2. The van der Waals surface area contributed by atoms with E-state index < -0.39 is 18.5 Å². The maximum atomic E-state index is 12.3. The molecule has 7 heteroatoms. The summed E-state index contributed by atoms with van der Waals surface area (Å²) in [5.41, 5.74) is 2.79. The SMILES string of the molecule is CCCOc1c(Cl)cc(C(=O)OCC(=O)Nc2cc(C)ccc2C)cc1OC. The fourth-order valence-corrected chi connectivity index (χ4v) is 2.72. The second-order valence-electron chi connectivity index (χ2n) is 6.28. The van der Waals surface area contributed by atoms with Crippen LogP contribution in [0.3, 0.4) is 0 Å². The highest BCUT2D eigenvalue weighted by Crippen LogP contribution is 2.36. The minimum atomic E-state index is -0.682. The third kappa shape index (κ3) is 5.63. The van der Waals surface area contributed by atoms with E-state index >= 15 is 0 Å². The lowest BCUT2D eigenvalue weighted by atomic mass is 10.1. The van der Waals surface area contributed by atoms with Crippen molar-refractivity contribution in [2.45, 2.75) is 27.2 Å². The van der Waals surface area contributed by atoms with Gasteiger partial charge in [0, 0.05) is 5.69 Å². The normalized spacial score (nSPS) is 10.3. The number of anilines is 1. The Morgan fingerprint density at radius 1 is 1.14 bits per heavy atom. The Labute approximate surface area is 169 Å². The van der Waals surface area contributed by atoms with Crippen LogP contribution in [-0.2, 0) is 9.53 Å². The van der Waals surface area contributed by atoms with Crippen molar-refractivity contribution in [3.8, 4) is 11.5 Å². The molecule has 0 aliphatic carbocycles. The summed E-state index contributed by atoms with van der Waals surface area (Å²) in [6, 6.07) is 8.62.